The summed E-state index contributed by atoms with van der Waals surface area (Å²) in [5.41, 5.74) is 3.18. The van der Waals surface area contributed by atoms with Crippen LogP contribution < -0.4 is 68.9 Å². The molecule has 3 aromatic carbocycles. The van der Waals surface area contributed by atoms with Crippen LogP contribution in [0, 0.1) is 0 Å². The van der Waals surface area contributed by atoms with Gasteiger partial charge in [0.05, 0.1) is 9.79 Å². The fraction of sp³-hybridized carbons (Fsp3) is 0.333. The van der Waals surface area contributed by atoms with Crippen LogP contribution in [0.4, 0.5) is 11.4 Å². The smallest absolute Gasteiger partial charge is 0.744 e. The van der Waals surface area contributed by atoms with Gasteiger partial charge >= 0.3 is 59.1 Å². The predicted octanol–water partition coefficient (Wildman–Crippen LogP) is -1.62. The van der Waals surface area contributed by atoms with Crippen LogP contribution >= 0.6 is 0 Å². The second-order valence-electron chi connectivity index (χ2n) is 8.57. The topological polar surface area (TPSA) is 121 Å². The van der Waals surface area contributed by atoms with Crippen molar-refractivity contribution in [2.45, 2.75) is 43.4 Å². The molecule has 0 radical (unpaired) electrons. The molecule has 0 heterocycles. The Morgan fingerprint density at radius 1 is 0.615 bits per heavy atom. The van der Waals surface area contributed by atoms with E-state index in [9.17, 15) is 25.9 Å². The molecule has 39 heavy (non-hydrogen) atoms. The van der Waals surface area contributed by atoms with Crippen LogP contribution in [0.15, 0.2) is 76.5 Å². The molecule has 200 valence electrons. The van der Waals surface area contributed by atoms with E-state index >= 15 is 0 Å². The Bertz CT molecular complexity index is 1370. The van der Waals surface area contributed by atoms with Crippen molar-refractivity contribution in [3.05, 3.63) is 83.4 Å². The summed E-state index contributed by atoms with van der Waals surface area (Å²) in [5, 5.41) is 0. The normalized spacial score (nSPS) is 11.5. The predicted molar refractivity (Wildman–Crippen MR) is 143 cm³/mol. The molecule has 3 rings (SSSR count). The molecule has 0 amide bonds. The first-order valence-corrected chi connectivity index (χ1v) is 15.0. The van der Waals surface area contributed by atoms with E-state index < -0.39 is 35.9 Å². The molecule has 0 spiro atoms. The summed E-state index contributed by atoms with van der Waals surface area (Å²) in [6.45, 7) is 11.4. The van der Waals surface area contributed by atoms with Crippen molar-refractivity contribution in [2.24, 2.45) is 0 Å². The number of anilines is 2. The molecule has 12 heteroatoms. The number of hydrogen-bond donors (Lipinski definition) is 0. The summed E-state index contributed by atoms with van der Waals surface area (Å²) in [6.07, 6.45) is 0. The summed E-state index contributed by atoms with van der Waals surface area (Å²) >= 11 is 0. The van der Waals surface area contributed by atoms with Crippen LogP contribution in [-0.4, -0.2) is 52.1 Å². The van der Waals surface area contributed by atoms with Crippen LogP contribution in [0.5, 0.6) is 0 Å². The number of benzene rings is 3. The molecule has 0 aliphatic heterocycles. The van der Waals surface area contributed by atoms with E-state index in [0.29, 0.717) is 11.1 Å². The van der Waals surface area contributed by atoms with Crippen molar-refractivity contribution in [1.29, 1.82) is 0 Å². The molecular weight excluding hydrogens is 558 g/mol. The molecule has 3 aromatic rings. The van der Waals surface area contributed by atoms with E-state index in [0.717, 1.165) is 55.8 Å². The minimum absolute atomic E-state index is 0. The van der Waals surface area contributed by atoms with Gasteiger partial charge in [-0.25, -0.2) is 16.8 Å². The van der Waals surface area contributed by atoms with Crippen LogP contribution in [0.2, 0.25) is 0 Å². The van der Waals surface area contributed by atoms with Gasteiger partial charge < -0.3 is 18.9 Å². The quantitative estimate of drug-likeness (QED) is 0.148. The van der Waals surface area contributed by atoms with Crippen molar-refractivity contribution in [1.82, 2.24) is 0 Å². The molecule has 0 aliphatic rings. The fourth-order valence-corrected chi connectivity index (χ4v) is 5.83. The van der Waals surface area contributed by atoms with Gasteiger partial charge in [-0.3, -0.25) is 0 Å². The van der Waals surface area contributed by atoms with Crippen molar-refractivity contribution in [2.75, 3.05) is 36.0 Å². The van der Waals surface area contributed by atoms with Crippen molar-refractivity contribution in [3.8, 4) is 0 Å². The summed E-state index contributed by atoms with van der Waals surface area (Å²) in [7, 11) is -9.87. The molecule has 0 N–H and O–H groups in total. The van der Waals surface area contributed by atoms with Crippen molar-refractivity contribution >= 4 is 31.6 Å². The molecule has 0 aromatic heterocycles. The standard InChI is InChI=1S/C27H34N2O6S2.2Na/c1-5-28(6-2)22-13-9-20(10-14-22)27(21-11-15-23(16-12-21)29(7-3)8-4)25-19-24(36(30,31)32)17-18-26(25)37(33,34)35;;/h9-19,27H,5-8H2,1-4H3,(H,30,31,32)(H,33,34,35);;/q;2*+1/p-2. The molecule has 0 aliphatic carbocycles. The first-order chi connectivity index (χ1) is 17.4. The largest absolute Gasteiger partial charge is 1.00 e. The zero-order chi connectivity index (χ0) is 27.4. The second-order valence-corrected chi connectivity index (χ2v) is 11.3. The Balaban J connectivity index is 0.00000380. The van der Waals surface area contributed by atoms with Crippen molar-refractivity contribution < 1.29 is 85.1 Å². The van der Waals surface area contributed by atoms with E-state index in [1.54, 1.807) is 0 Å². The van der Waals surface area contributed by atoms with Crippen LogP contribution in [0.3, 0.4) is 0 Å². The number of rotatable bonds is 11. The van der Waals surface area contributed by atoms with E-state index in [2.05, 4.69) is 9.80 Å². The van der Waals surface area contributed by atoms with Gasteiger partial charge in [0, 0.05) is 43.5 Å². The van der Waals surface area contributed by atoms with Gasteiger partial charge in [0.15, 0.2) is 0 Å². The number of nitrogens with zero attached hydrogens (tertiary/aromatic N) is 2. The van der Waals surface area contributed by atoms with Gasteiger partial charge in [-0.1, -0.05) is 24.3 Å². The van der Waals surface area contributed by atoms with Gasteiger partial charge in [0.1, 0.15) is 20.2 Å². The minimum atomic E-state index is -4.98. The summed E-state index contributed by atoms with van der Waals surface area (Å²) in [6, 6.07) is 17.7. The average Bonchev–Trinajstić information content (AvgIpc) is 2.86. The molecule has 8 nitrogen and oxygen atoms in total. The molecule has 0 atom stereocenters. The van der Waals surface area contributed by atoms with Crippen LogP contribution in [0.25, 0.3) is 0 Å². The number of hydrogen-bond acceptors (Lipinski definition) is 8. The Morgan fingerprint density at radius 3 is 1.31 bits per heavy atom. The zero-order valence-electron chi connectivity index (χ0n) is 23.4. The Hall–Kier alpha value is -0.920. The third-order valence-corrected chi connectivity index (χ3v) is 8.30. The van der Waals surface area contributed by atoms with Gasteiger partial charge in [0.2, 0.25) is 0 Å². The monoisotopic (exact) mass is 590 g/mol. The maximum Gasteiger partial charge on any atom is 1.00 e. The molecule has 0 saturated heterocycles. The van der Waals surface area contributed by atoms with Crippen LogP contribution in [0.1, 0.15) is 50.3 Å². The van der Waals surface area contributed by atoms with E-state index in [1.807, 2.05) is 76.2 Å². The van der Waals surface area contributed by atoms with Gasteiger partial charge in [0.25, 0.3) is 0 Å². The third kappa shape index (κ3) is 8.78. The van der Waals surface area contributed by atoms with Gasteiger partial charge in [-0.05, 0) is 86.8 Å². The SMILES string of the molecule is CCN(CC)c1ccc(C(c2ccc(N(CC)CC)cc2)c2cc(S(=O)(=O)[O-])ccc2S(=O)(=O)[O-])cc1.[Na+].[Na+]. The van der Waals surface area contributed by atoms with Crippen molar-refractivity contribution in [3.63, 3.8) is 0 Å². The Kier molecular flexibility index (Phi) is 14.2. The summed E-state index contributed by atoms with van der Waals surface area (Å²) in [4.78, 5) is 3.14. The maximum absolute atomic E-state index is 12.2. The van der Waals surface area contributed by atoms with Crippen LogP contribution in [-0.2, 0) is 20.2 Å². The van der Waals surface area contributed by atoms with Gasteiger partial charge in [-0.2, -0.15) is 0 Å². The molecule has 0 bridgehead atoms. The molecular formula is C27H32N2Na2O6S2. The Morgan fingerprint density at radius 2 is 1.00 bits per heavy atom. The van der Waals surface area contributed by atoms with E-state index in [4.69, 9.17) is 0 Å². The first kappa shape index (κ1) is 36.1. The first-order valence-electron chi connectivity index (χ1n) is 12.2. The molecule has 0 saturated carbocycles. The minimum Gasteiger partial charge on any atom is -0.744 e. The summed E-state index contributed by atoms with van der Waals surface area (Å²) in [5.74, 6) is -0.808. The fourth-order valence-electron chi connectivity index (χ4n) is 4.62. The van der Waals surface area contributed by atoms with E-state index in [-0.39, 0.29) is 64.7 Å². The summed E-state index contributed by atoms with van der Waals surface area (Å²) < 4.78 is 72.1. The zero-order valence-corrected chi connectivity index (χ0v) is 29.1. The third-order valence-electron chi connectivity index (χ3n) is 6.56. The molecule has 0 unspecified atom stereocenters. The molecule has 0 fully saturated rings. The van der Waals surface area contributed by atoms with Gasteiger partial charge in [-0.15, -0.1) is 0 Å². The average molecular weight is 591 g/mol. The second kappa shape index (κ2) is 15.3. The Labute approximate surface area is 276 Å². The maximum atomic E-state index is 12.2. The van der Waals surface area contributed by atoms with E-state index in [1.165, 1.54) is 0 Å².